The molecule has 1 N–H and O–H groups in total. The van der Waals surface area contributed by atoms with Crippen LogP contribution in [0.4, 0.5) is 11.5 Å². The molecule has 1 aliphatic heterocycles. The fourth-order valence-corrected chi connectivity index (χ4v) is 2.66. The molecule has 0 fully saturated rings. The molecule has 0 saturated heterocycles. The summed E-state index contributed by atoms with van der Waals surface area (Å²) in [6, 6.07) is 20.5. The quantitative estimate of drug-likeness (QED) is 0.771. The Bertz CT molecular complexity index is 896. The standard InChI is InChI=1S/C20H17N3O2/c24-18-8-1-2-9-19(18)25-17-7-5-6-16(14-17)22-12-13-23(15-22)20-10-3-4-11-21-20/h1-14,24H,15H2. The second-order valence-corrected chi connectivity index (χ2v) is 5.63. The van der Waals surface area contributed by atoms with Crippen molar-refractivity contribution in [2.45, 2.75) is 0 Å². The van der Waals surface area contributed by atoms with Gasteiger partial charge >= 0.3 is 0 Å². The lowest BCUT2D eigenvalue weighted by molar-refractivity contribution is 0.411. The molecule has 124 valence electrons. The first-order valence-corrected chi connectivity index (χ1v) is 7.98. The number of ether oxygens (including phenoxy) is 1. The third-order valence-electron chi connectivity index (χ3n) is 3.92. The van der Waals surface area contributed by atoms with Crippen LogP contribution in [0.2, 0.25) is 0 Å². The minimum Gasteiger partial charge on any atom is -0.504 e. The number of pyridine rings is 1. The highest BCUT2D eigenvalue weighted by molar-refractivity contribution is 5.59. The Labute approximate surface area is 146 Å². The number of hydrogen-bond acceptors (Lipinski definition) is 5. The molecule has 0 bridgehead atoms. The number of aromatic nitrogens is 1. The molecule has 0 radical (unpaired) electrons. The van der Waals surface area contributed by atoms with Crippen LogP contribution in [0.5, 0.6) is 17.2 Å². The molecule has 5 heteroatoms. The summed E-state index contributed by atoms with van der Waals surface area (Å²) >= 11 is 0. The summed E-state index contributed by atoms with van der Waals surface area (Å²) in [4.78, 5) is 8.54. The average Bonchev–Trinajstić information content (AvgIpc) is 3.15. The van der Waals surface area contributed by atoms with Crippen LogP contribution in [0.15, 0.2) is 85.3 Å². The topological polar surface area (TPSA) is 48.8 Å². The van der Waals surface area contributed by atoms with Crippen molar-refractivity contribution in [2.24, 2.45) is 0 Å². The molecule has 1 aliphatic rings. The predicted octanol–water partition coefficient (Wildman–Crippen LogP) is 4.33. The van der Waals surface area contributed by atoms with Crippen molar-refractivity contribution in [3.05, 3.63) is 85.3 Å². The number of aromatic hydroxyl groups is 1. The van der Waals surface area contributed by atoms with E-state index in [4.69, 9.17) is 4.74 Å². The summed E-state index contributed by atoms with van der Waals surface area (Å²) in [6.07, 6.45) is 5.79. The lowest BCUT2D eigenvalue weighted by Gasteiger charge is -2.21. The third kappa shape index (κ3) is 3.26. The first-order chi connectivity index (χ1) is 12.3. The minimum atomic E-state index is 0.121. The van der Waals surface area contributed by atoms with Crippen molar-refractivity contribution >= 4 is 11.5 Å². The van der Waals surface area contributed by atoms with Crippen LogP contribution in [-0.2, 0) is 0 Å². The SMILES string of the molecule is Oc1ccccc1Oc1cccc(N2C=CN(c3ccccn3)C2)c1. The second kappa shape index (κ2) is 6.57. The van der Waals surface area contributed by atoms with Gasteiger partial charge in [0.1, 0.15) is 18.2 Å². The summed E-state index contributed by atoms with van der Waals surface area (Å²) in [6.45, 7) is 0.678. The van der Waals surface area contributed by atoms with E-state index >= 15 is 0 Å². The molecular weight excluding hydrogens is 314 g/mol. The summed E-state index contributed by atoms with van der Waals surface area (Å²) in [5.41, 5.74) is 1.00. The Hall–Kier alpha value is -3.47. The number of para-hydroxylation sites is 2. The molecule has 25 heavy (non-hydrogen) atoms. The lowest BCUT2D eigenvalue weighted by atomic mass is 10.2. The molecule has 0 unspecified atom stereocenters. The zero-order chi connectivity index (χ0) is 17.1. The zero-order valence-corrected chi connectivity index (χ0v) is 13.5. The monoisotopic (exact) mass is 331 g/mol. The van der Waals surface area contributed by atoms with Gasteiger partial charge in [-0.05, 0) is 36.4 Å². The molecule has 0 saturated carbocycles. The van der Waals surface area contributed by atoms with E-state index in [1.54, 1.807) is 24.4 Å². The Balaban J connectivity index is 1.51. The van der Waals surface area contributed by atoms with Gasteiger partial charge in [-0.2, -0.15) is 0 Å². The van der Waals surface area contributed by atoms with Gasteiger partial charge in [-0.25, -0.2) is 4.98 Å². The van der Waals surface area contributed by atoms with E-state index in [2.05, 4.69) is 14.8 Å². The van der Waals surface area contributed by atoms with E-state index in [1.165, 1.54) is 0 Å². The minimum absolute atomic E-state index is 0.121. The Morgan fingerprint density at radius 1 is 0.880 bits per heavy atom. The van der Waals surface area contributed by atoms with Gasteiger partial charge in [-0.3, -0.25) is 0 Å². The molecule has 2 aromatic carbocycles. The van der Waals surface area contributed by atoms with E-state index in [1.807, 2.05) is 60.9 Å². The normalized spacial score (nSPS) is 13.3. The maximum absolute atomic E-state index is 9.85. The van der Waals surface area contributed by atoms with Crippen molar-refractivity contribution in [2.75, 3.05) is 16.5 Å². The average molecular weight is 331 g/mol. The molecule has 0 amide bonds. The maximum atomic E-state index is 9.85. The van der Waals surface area contributed by atoms with Crippen LogP contribution in [0.1, 0.15) is 0 Å². The van der Waals surface area contributed by atoms with Gasteiger partial charge in [-0.1, -0.05) is 24.3 Å². The molecule has 3 aromatic rings. The van der Waals surface area contributed by atoms with E-state index in [9.17, 15) is 5.11 Å². The van der Waals surface area contributed by atoms with E-state index < -0.39 is 0 Å². The number of hydrogen-bond donors (Lipinski definition) is 1. The molecule has 4 rings (SSSR count). The fourth-order valence-electron chi connectivity index (χ4n) is 2.66. The summed E-state index contributed by atoms with van der Waals surface area (Å²) in [5, 5.41) is 9.85. The van der Waals surface area contributed by atoms with Crippen molar-refractivity contribution in [1.82, 2.24) is 4.98 Å². The second-order valence-electron chi connectivity index (χ2n) is 5.63. The fraction of sp³-hybridized carbons (Fsp3) is 0.0500. The predicted molar refractivity (Wildman–Crippen MR) is 97.8 cm³/mol. The highest BCUT2D eigenvalue weighted by Crippen LogP contribution is 2.32. The van der Waals surface area contributed by atoms with Crippen LogP contribution >= 0.6 is 0 Å². The van der Waals surface area contributed by atoms with Crippen LogP contribution in [-0.4, -0.2) is 16.8 Å². The first-order valence-electron chi connectivity index (χ1n) is 7.98. The van der Waals surface area contributed by atoms with Gasteiger partial charge in [0.05, 0.1) is 0 Å². The van der Waals surface area contributed by atoms with E-state index in [0.717, 1.165) is 11.5 Å². The highest BCUT2D eigenvalue weighted by Gasteiger charge is 2.16. The molecule has 0 spiro atoms. The van der Waals surface area contributed by atoms with Crippen molar-refractivity contribution in [3.63, 3.8) is 0 Å². The number of phenols is 1. The molecule has 5 nitrogen and oxygen atoms in total. The highest BCUT2D eigenvalue weighted by atomic mass is 16.5. The Morgan fingerprint density at radius 2 is 1.72 bits per heavy atom. The molecular formula is C20H17N3O2. The van der Waals surface area contributed by atoms with Gasteiger partial charge in [-0.15, -0.1) is 0 Å². The number of phenolic OH excluding ortho intramolecular Hbond substituents is 1. The van der Waals surface area contributed by atoms with Gasteiger partial charge in [0.25, 0.3) is 0 Å². The summed E-state index contributed by atoms with van der Waals surface area (Å²) in [5.74, 6) is 2.13. The number of anilines is 2. The molecule has 1 aromatic heterocycles. The Morgan fingerprint density at radius 3 is 2.56 bits per heavy atom. The molecule has 0 atom stereocenters. The van der Waals surface area contributed by atoms with Gasteiger partial charge in [0, 0.05) is 30.4 Å². The van der Waals surface area contributed by atoms with E-state index in [0.29, 0.717) is 18.2 Å². The van der Waals surface area contributed by atoms with Crippen LogP contribution in [0.25, 0.3) is 0 Å². The largest absolute Gasteiger partial charge is 0.504 e. The lowest BCUT2D eigenvalue weighted by Crippen LogP contribution is -2.25. The van der Waals surface area contributed by atoms with Crippen molar-refractivity contribution in [1.29, 1.82) is 0 Å². The maximum Gasteiger partial charge on any atom is 0.169 e. The number of rotatable bonds is 4. The molecule has 0 aliphatic carbocycles. The number of nitrogens with zero attached hydrogens (tertiary/aromatic N) is 3. The van der Waals surface area contributed by atoms with Crippen LogP contribution in [0.3, 0.4) is 0 Å². The van der Waals surface area contributed by atoms with Crippen molar-refractivity contribution in [3.8, 4) is 17.2 Å². The van der Waals surface area contributed by atoms with Gasteiger partial charge < -0.3 is 19.6 Å². The summed E-state index contributed by atoms with van der Waals surface area (Å²) < 4.78 is 5.79. The molecule has 2 heterocycles. The zero-order valence-electron chi connectivity index (χ0n) is 13.5. The Kier molecular flexibility index (Phi) is 3.96. The van der Waals surface area contributed by atoms with Crippen molar-refractivity contribution < 1.29 is 9.84 Å². The smallest absolute Gasteiger partial charge is 0.169 e. The number of benzene rings is 2. The van der Waals surface area contributed by atoms with E-state index in [-0.39, 0.29) is 5.75 Å². The van der Waals surface area contributed by atoms with Crippen LogP contribution in [0, 0.1) is 0 Å². The summed E-state index contributed by atoms with van der Waals surface area (Å²) in [7, 11) is 0. The first kappa shape index (κ1) is 15.1. The third-order valence-corrected chi connectivity index (χ3v) is 3.92. The van der Waals surface area contributed by atoms with Gasteiger partial charge in [0.15, 0.2) is 11.5 Å². The van der Waals surface area contributed by atoms with Gasteiger partial charge in [0.2, 0.25) is 0 Å². The van der Waals surface area contributed by atoms with Crippen LogP contribution < -0.4 is 14.5 Å².